The standard InChI is InChI=1S/C17H17NO5/c19-16(18-10-12-5-6-14(23-12)17(20)21)9-15-13-4-2-1-3-11(13)7-8-22-15/h1-6,15H,7-10H2,(H,18,19)(H,20,21)/t15-/m0/s1. The highest BCUT2D eigenvalue weighted by atomic mass is 16.5. The summed E-state index contributed by atoms with van der Waals surface area (Å²) in [5, 5.41) is 11.5. The fourth-order valence-electron chi connectivity index (χ4n) is 2.66. The minimum Gasteiger partial charge on any atom is -0.475 e. The van der Waals surface area contributed by atoms with Crippen molar-refractivity contribution in [3.8, 4) is 0 Å². The quantitative estimate of drug-likeness (QED) is 0.884. The first kappa shape index (κ1) is 15.3. The number of carboxylic acid groups (broad SMARTS) is 1. The monoisotopic (exact) mass is 315 g/mol. The Bertz CT molecular complexity index is 721. The van der Waals surface area contributed by atoms with Crippen LogP contribution in [0.2, 0.25) is 0 Å². The fraction of sp³-hybridized carbons (Fsp3) is 0.294. The van der Waals surface area contributed by atoms with Crippen molar-refractivity contribution in [2.45, 2.75) is 25.5 Å². The second kappa shape index (κ2) is 6.66. The second-order valence-corrected chi connectivity index (χ2v) is 5.36. The molecule has 3 rings (SSSR count). The van der Waals surface area contributed by atoms with Gasteiger partial charge in [0.25, 0.3) is 0 Å². The minimum atomic E-state index is -1.13. The maximum Gasteiger partial charge on any atom is 0.371 e. The van der Waals surface area contributed by atoms with Crippen molar-refractivity contribution >= 4 is 11.9 Å². The molecule has 23 heavy (non-hydrogen) atoms. The van der Waals surface area contributed by atoms with E-state index in [0.717, 1.165) is 12.0 Å². The lowest BCUT2D eigenvalue weighted by Gasteiger charge is -2.25. The van der Waals surface area contributed by atoms with Gasteiger partial charge in [-0.05, 0) is 29.7 Å². The van der Waals surface area contributed by atoms with Crippen LogP contribution < -0.4 is 5.32 Å². The first-order valence-corrected chi connectivity index (χ1v) is 7.41. The molecule has 2 aromatic rings. The first-order chi connectivity index (χ1) is 11.1. The van der Waals surface area contributed by atoms with Gasteiger partial charge in [0.15, 0.2) is 0 Å². The van der Waals surface area contributed by atoms with Gasteiger partial charge in [-0.2, -0.15) is 0 Å². The largest absolute Gasteiger partial charge is 0.475 e. The van der Waals surface area contributed by atoms with Crippen LogP contribution in [-0.4, -0.2) is 23.6 Å². The molecule has 0 saturated heterocycles. The predicted molar refractivity (Wildman–Crippen MR) is 81.0 cm³/mol. The molecule has 0 spiro atoms. The Hall–Kier alpha value is -2.60. The summed E-state index contributed by atoms with van der Waals surface area (Å²) >= 11 is 0. The molecule has 120 valence electrons. The van der Waals surface area contributed by atoms with E-state index in [-0.39, 0.29) is 30.7 Å². The lowest BCUT2D eigenvalue weighted by atomic mass is 9.95. The van der Waals surface area contributed by atoms with Crippen molar-refractivity contribution in [2.75, 3.05) is 6.61 Å². The zero-order valence-corrected chi connectivity index (χ0v) is 12.5. The van der Waals surface area contributed by atoms with Gasteiger partial charge in [-0.1, -0.05) is 24.3 Å². The number of benzene rings is 1. The van der Waals surface area contributed by atoms with Crippen LogP contribution in [0.4, 0.5) is 0 Å². The minimum absolute atomic E-state index is 0.140. The second-order valence-electron chi connectivity index (χ2n) is 5.36. The SMILES string of the molecule is O=C(C[C@@H]1OCCc2ccccc21)NCc1ccc(C(=O)O)o1. The Labute approximate surface area is 133 Å². The van der Waals surface area contributed by atoms with Crippen LogP contribution in [0, 0.1) is 0 Å². The average Bonchev–Trinajstić information content (AvgIpc) is 3.03. The number of fused-ring (bicyclic) bond motifs is 1. The average molecular weight is 315 g/mol. The highest BCUT2D eigenvalue weighted by Gasteiger charge is 2.23. The smallest absolute Gasteiger partial charge is 0.371 e. The fourth-order valence-corrected chi connectivity index (χ4v) is 2.66. The predicted octanol–water partition coefficient (Wildman–Crippen LogP) is 2.30. The third-order valence-corrected chi connectivity index (χ3v) is 3.80. The van der Waals surface area contributed by atoms with Gasteiger partial charge >= 0.3 is 5.97 Å². The summed E-state index contributed by atoms with van der Waals surface area (Å²) < 4.78 is 10.8. The maximum atomic E-state index is 12.1. The normalized spacial score (nSPS) is 16.6. The molecule has 2 N–H and O–H groups in total. The topological polar surface area (TPSA) is 88.8 Å². The number of ether oxygens (including phenoxy) is 1. The summed E-state index contributed by atoms with van der Waals surface area (Å²) in [6.45, 7) is 0.760. The number of carboxylic acids is 1. The molecule has 0 radical (unpaired) electrons. The van der Waals surface area contributed by atoms with Crippen molar-refractivity contribution in [2.24, 2.45) is 0 Å². The van der Waals surface area contributed by atoms with Crippen molar-refractivity contribution < 1.29 is 23.8 Å². The van der Waals surface area contributed by atoms with Crippen molar-refractivity contribution in [3.63, 3.8) is 0 Å². The number of aromatic carboxylic acids is 1. The highest BCUT2D eigenvalue weighted by Crippen LogP contribution is 2.29. The zero-order valence-electron chi connectivity index (χ0n) is 12.5. The molecule has 1 aliphatic rings. The van der Waals surface area contributed by atoms with Crippen LogP contribution >= 0.6 is 0 Å². The Morgan fingerprint density at radius 2 is 2.04 bits per heavy atom. The van der Waals surface area contributed by atoms with Gasteiger partial charge in [0.1, 0.15) is 5.76 Å². The summed E-state index contributed by atoms with van der Waals surface area (Å²) in [5.74, 6) is -1.03. The molecule has 1 aromatic carbocycles. The van der Waals surface area contributed by atoms with Gasteiger partial charge in [-0.3, -0.25) is 4.79 Å². The number of rotatable bonds is 5. The van der Waals surface area contributed by atoms with Crippen LogP contribution in [0.25, 0.3) is 0 Å². The van der Waals surface area contributed by atoms with Crippen molar-refractivity contribution in [1.82, 2.24) is 5.32 Å². The third-order valence-electron chi connectivity index (χ3n) is 3.80. The maximum absolute atomic E-state index is 12.1. The van der Waals surface area contributed by atoms with Crippen LogP contribution in [0.15, 0.2) is 40.8 Å². The number of carbonyl (C=O) groups is 2. The first-order valence-electron chi connectivity index (χ1n) is 7.41. The van der Waals surface area contributed by atoms with Gasteiger partial charge in [0.05, 0.1) is 25.7 Å². The number of nitrogens with one attached hydrogen (secondary N) is 1. The lowest BCUT2D eigenvalue weighted by molar-refractivity contribution is -0.124. The van der Waals surface area contributed by atoms with Gasteiger partial charge in [-0.15, -0.1) is 0 Å². The summed E-state index contributed by atoms with van der Waals surface area (Å²) in [5.41, 5.74) is 2.27. The Kier molecular flexibility index (Phi) is 4.43. The van der Waals surface area contributed by atoms with E-state index in [1.165, 1.54) is 17.7 Å². The molecule has 0 fully saturated rings. The van der Waals surface area contributed by atoms with E-state index in [4.69, 9.17) is 14.3 Å². The summed E-state index contributed by atoms with van der Waals surface area (Å²) in [6, 6.07) is 10.9. The molecule has 1 aromatic heterocycles. The Morgan fingerprint density at radius 1 is 1.22 bits per heavy atom. The summed E-state index contributed by atoms with van der Waals surface area (Å²) in [7, 11) is 0. The van der Waals surface area contributed by atoms with E-state index in [0.29, 0.717) is 12.4 Å². The number of hydrogen-bond donors (Lipinski definition) is 2. The van der Waals surface area contributed by atoms with E-state index < -0.39 is 5.97 Å². The van der Waals surface area contributed by atoms with Crippen LogP contribution in [0.1, 0.15) is 40.0 Å². The number of amides is 1. The molecule has 0 saturated carbocycles. The van der Waals surface area contributed by atoms with Gasteiger partial charge in [0, 0.05) is 0 Å². The Balaban J connectivity index is 1.56. The zero-order chi connectivity index (χ0) is 16.2. The van der Waals surface area contributed by atoms with Crippen LogP contribution in [0.3, 0.4) is 0 Å². The van der Waals surface area contributed by atoms with Crippen molar-refractivity contribution in [1.29, 1.82) is 0 Å². The van der Waals surface area contributed by atoms with Gasteiger partial charge in [0.2, 0.25) is 11.7 Å². The molecule has 0 bridgehead atoms. The van der Waals surface area contributed by atoms with Crippen LogP contribution in [-0.2, 0) is 22.5 Å². The Morgan fingerprint density at radius 3 is 2.83 bits per heavy atom. The van der Waals surface area contributed by atoms with E-state index in [9.17, 15) is 9.59 Å². The highest BCUT2D eigenvalue weighted by molar-refractivity contribution is 5.84. The number of carbonyl (C=O) groups excluding carboxylic acids is 1. The molecular formula is C17H17NO5. The van der Waals surface area contributed by atoms with E-state index in [1.807, 2.05) is 18.2 Å². The number of hydrogen-bond acceptors (Lipinski definition) is 4. The third kappa shape index (κ3) is 3.60. The molecule has 1 aliphatic heterocycles. The molecule has 0 aliphatic carbocycles. The molecular weight excluding hydrogens is 298 g/mol. The molecule has 6 heteroatoms. The van der Waals surface area contributed by atoms with Gasteiger partial charge < -0.3 is 19.6 Å². The molecule has 2 heterocycles. The molecule has 1 amide bonds. The van der Waals surface area contributed by atoms with E-state index >= 15 is 0 Å². The van der Waals surface area contributed by atoms with E-state index in [2.05, 4.69) is 11.4 Å². The molecule has 1 atom stereocenters. The lowest BCUT2D eigenvalue weighted by Crippen LogP contribution is -2.27. The van der Waals surface area contributed by atoms with Crippen molar-refractivity contribution in [3.05, 3.63) is 59.0 Å². The molecule has 6 nitrogen and oxygen atoms in total. The van der Waals surface area contributed by atoms with Gasteiger partial charge in [-0.25, -0.2) is 4.79 Å². The summed E-state index contributed by atoms with van der Waals surface area (Å²) in [4.78, 5) is 22.8. The number of furan rings is 1. The molecule has 0 unspecified atom stereocenters. The van der Waals surface area contributed by atoms with E-state index in [1.54, 1.807) is 0 Å². The van der Waals surface area contributed by atoms with Crippen LogP contribution in [0.5, 0.6) is 0 Å². The summed E-state index contributed by atoms with van der Waals surface area (Å²) in [6.07, 6.45) is 0.841.